The summed E-state index contributed by atoms with van der Waals surface area (Å²) in [5.41, 5.74) is 3.71. The van der Waals surface area contributed by atoms with Crippen LogP contribution >= 0.6 is 11.8 Å². The van der Waals surface area contributed by atoms with E-state index in [0.29, 0.717) is 0 Å². The molecule has 2 heteroatoms. The zero-order valence-electron chi connectivity index (χ0n) is 11.3. The third-order valence-electron chi connectivity index (χ3n) is 2.95. The van der Waals surface area contributed by atoms with Gasteiger partial charge >= 0.3 is 0 Å². The van der Waals surface area contributed by atoms with E-state index in [0.717, 1.165) is 6.42 Å². The first kappa shape index (κ1) is 13.7. The fourth-order valence-corrected chi connectivity index (χ4v) is 2.97. The van der Waals surface area contributed by atoms with Crippen LogP contribution in [0.25, 0.3) is 0 Å². The smallest absolute Gasteiger partial charge is 0.100 e. The van der Waals surface area contributed by atoms with Crippen LogP contribution in [0.1, 0.15) is 16.7 Å². The molecule has 0 saturated heterocycles. The van der Waals surface area contributed by atoms with Crippen LogP contribution in [0.15, 0.2) is 53.4 Å². The van der Waals surface area contributed by atoms with E-state index in [1.54, 1.807) is 11.8 Å². The van der Waals surface area contributed by atoms with Crippen LogP contribution in [-0.4, -0.2) is 5.25 Å². The molecule has 0 bridgehead atoms. The average molecular weight is 267 g/mol. The van der Waals surface area contributed by atoms with Gasteiger partial charge in [0.25, 0.3) is 0 Å². The van der Waals surface area contributed by atoms with Crippen molar-refractivity contribution >= 4 is 11.8 Å². The first-order valence-corrected chi connectivity index (χ1v) is 7.24. The molecule has 1 nitrogen and oxygen atoms in total. The molecule has 0 amide bonds. The van der Waals surface area contributed by atoms with Crippen molar-refractivity contribution in [3.05, 3.63) is 65.2 Å². The Labute approximate surface area is 119 Å². The molecule has 0 aromatic heterocycles. The molecule has 0 spiro atoms. The number of nitrogens with zero attached hydrogens (tertiary/aromatic N) is 1. The standard InChI is InChI=1S/C17H17NS/c1-13-6-8-15(9-7-13)11-17(12-18)19-16-5-3-4-14(2)10-16/h3-10,17H,11H2,1-2H3. The minimum absolute atomic E-state index is 0.0375. The number of rotatable bonds is 4. The molecule has 1 unspecified atom stereocenters. The molecule has 0 N–H and O–H groups in total. The molecule has 0 fully saturated rings. The van der Waals surface area contributed by atoms with Crippen molar-refractivity contribution in [3.8, 4) is 6.07 Å². The van der Waals surface area contributed by atoms with Gasteiger partial charge in [-0.15, -0.1) is 11.8 Å². The Morgan fingerprint density at radius 1 is 1.05 bits per heavy atom. The minimum Gasteiger partial charge on any atom is -0.197 e. The zero-order valence-corrected chi connectivity index (χ0v) is 12.1. The quantitative estimate of drug-likeness (QED) is 0.760. The van der Waals surface area contributed by atoms with Crippen LogP contribution in [0.4, 0.5) is 0 Å². The van der Waals surface area contributed by atoms with Gasteiger partial charge in [-0.1, -0.05) is 47.5 Å². The van der Waals surface area contributed by atoms with Gasteiger partial charge in [0.15, 0.2) is 0 Å². The second kappa shape index (κ2) is 6.45. The Balaban J connectivity index is 2.05. The Morgan fingerprint density at radius 3 is 2.42 bits per heavy atom. The maximum atomic E-state index is 9.30. The molecule has 0 aliphatic rings. The summed E-state index contributed by atoms with van der Waals surface area (Å²) in [6.45, 7) is 4.15. The van der Waals surface area contributed by atoms with Gasteiger partial charge in [0.05, 0.1) is 6.07 Å². The number of benzene rings is 2. The lowest BCUT2D eigenvalue weighted by atomic mass is 10.1. The molecular weight excluding hydrogens is 250 g/mol. The normalized spacial score (nSPS) is 11.8. The molecule has 2 rings (SSSR count). The van der Waals surface area contributed by atoms with Gasteiger partial charge in [0, 0.05) is 4.90 Å². The van der Waals surface area contributed by atoms with E-state index < -0.39 is 0 Å². The van der Waals surface area contributed by atoms with Gasteiger partial charge in [-0.25, -0.2) is 0 Å². The van der Waals surface area contributed by atoms with Gasteiger partial charge in [-0.05, 0) is 38.0 Å². The lowest BCUT2D eigenvalue weighted by Gasteiger charge is -2.09. The summed E-state index contributed by atoms with van der Waals surface area (Å²) in [6.07, 6.45) is 0.787. The Kier molecular flexibility index (Phi) is 4.65. The fraction of sp³-hybridized carbons (Fsp3) is 0.235. The van der Waals surface area contributed by atoms with Crippen molar-refractivity contribution < 1.29 is 0 Å². The summed E-state index contributed by atoms with van der Waals surface area (Å²) in [7, 11) is 0. The van der Waals surface area contributed by atoms with E-state index in [1.807, 2.05) is 6.07 Å². The van der Waals surface area contributed by atoms with Gasteiger partial charge < -0.3 is 0 Å². The third-order valence-corrected chi connectivity index (χ3v) is 4.04. The minimum atomic E-state index is -0.0375. The van der Waals surface area contributed by atoms with E-state index in [-0.39, 0.29) is 5.25 Å². The molecule has 19 heavy (non-hydrogen) atoms. The van der Waals surface area contributed by atoms with Crippen LogP contribution < -0.4 is 0 Å². The van der Waals surface area contributed by atoms with E-state index in [4.69, 9.17) is 0 Å². The van der Waals surface area contributed by atoms with Crippen LogP contribution in [0, 0.1) is 25.2 Å². The average Bonchev–Trinajstić information content (AvgIpc) is 2.40. The molecule has 2 aromatic rings. The molecular formula is C17H17NS. The Morgan fingerprint density at radius 2 is 1.79 bits per heavy atom. The maximum Gasteiger partial charge on any atom is 0.100 e. The molecule has 0 aliphatic carbocycles. The molecule has 0 saturated carbocycles. The van der Waals surface area contributed by atoms with E-state index in [9.17, 15) is 5.26 Å². The van der Waals surface area contributed by atoms with Crippen LogP contribution in [-0.2, 0) is 6.42 Å². The number of hydrogen-bond donors (Lipinski definition) is 0. The van der Waals surface area contributed by atoms with Gasteiger partial charge in [-0.2, -0.15) is 5.26 Å². The predicted molar refractivity (Wildman–Crippen MR) is 81.3 cm³/mol. The third kappa shape index (κ3) is 4.15. The molecule has 2 aromatic carbocycles. The fourth-order valence-electron chi connectivity index (χ4n) is 1.90. The highest BCUT2D eigenvalue weighted by Crippen LogP contribution is 2.26. The van der Waals surface area contributed by atoms with Crippen molar-refractivity contribution in [3.63, 3.8) is 0 Å². The Bertz CT molecular complexity index is 581. The topological polar surface area (TPSA) is 23.8 Å². The lowest BCUT2D eigenvalue weighted by molar-refractivity contribution is 1.02. The lowest BCUT2D eigenvalue weighted by Crippen LogP contribution is -2.03. The van der Waals surface area contributed by atoms with E-state index >= 15 is 0 Å². The summed E-state index contributed by atoms with van der Waals surface area (Å²) in [4.78, 5) is 1.17. The SMILES string of the molecule is Cc1ccc(CC(C#N)Sc2cccc(C)c2)cc1. The highest BCUT2D eigenvalue weighted by Gasteiger charge is 2.10. The van der Waals surface area contributed by atoms with Crippen molar-refractivity contribution in [2.45, 2.75) is 30.4 Å². The maximum absolute atomic E-state index is 9.30. The van der Waals surface area contributed by atoms with Crippen molar-refractivity contribution in [1.29, 1.82) is 5.26 Å². The summed E-state index contributed by atoms with van der Waals surface area (Å²) in [6, 6.07) is 19.1. The van der Waals surface area contributed by atoms with Crippen molar-refractivity contribution in [1.82, 2.24) is 0 Å². The van der Waals surface area contributed by atoms with E-state index in [2.05, 4.69) is 62.4 Å². The largest absolute Gasteiger partial charge is 0.197 e. The van der Waals surface area contributed by atoms with Crippen LogP contribution in [0.5, 0.6) is 0 Å². The Hall–Kier alpha value is -1.72. The highest BCUT2D eigenvalue weighted by molar-refractivity contribution is 8.00. The molecule has 0 heterocycles. The summed E-state index contributed by atoms with van der Waals surface area (Å²) in [5.74, 6) is 0. The van der Waals surface area contributed by atoms with E-state index in [1.165, 1.54) is 21.6 Å². The summed E-state index contributed by atoms with van der Waals surface area (Å²) >= 11 is 1.64. The molecule has 96 valence electrons. The van der Waals surface area contributed by atoms with Crippen molar-refractivity contribution in [2.24, 2.45) is 0 Å². The zero-order chi connectivity index (χ0) is 13.7. The molecule has 1 atom stereocenters. The first-order valence-electron chi connectivity index (χ1n) is 6.36. The van der Waals surface area contributed by atoms with Gasteiger partial charge in [-0.3, -0.25) is 0 Å². The van der Waals surface area contributed by atoms with Crippen molar-refractivity contribution in [2.75, 3.05) is 0 Å². The first-order chi connectivity index (χ1) is 9.17. The second-order valence-electron chi connectivity index (χ2n) is 4.74. The number of aryl methyl sites for hydroxylation is 2. The van der Waals surface area contributed by atoms with Crippen LogP contribution in [0.3, 0.4) is 0 Å². The monoisotopic (exact) mass is 267 g/mol. The number of hydrogen-bond acceptors (Lipinski definition) is 2. The summed E-state index contributed by atoms with van der Waals surface area (Å²) in [5, 5.41) is 9.26. The number of thioether (sulfide) groups is 1. The molecule has 0 aliphatic heterocycles. The number of nitriles is 1. The summed E-state index contributed by atoms with van der Waals surface area (Å²) < 4.78 is 0. The van der Waals surface area contributed by atoms with Gasteiger partial charge in [0.1, 0.15) is 5.25 Å². The molecule has 0 radical (unpaired) electrons. The predicted octanol–water partition coefficient (Wildman–Crippen LogP) is 4.53. The second-order valence-corrected chi connectivity index (χ2v) is 6.02. The van der Waals surface area contributed by atoms with Crippen LogP contribution in [0.2, 0.25) is 0 Å². The highest BCUT2D eigenvalue weighted by atomic mass is 32.2. The van der Waals surface area contributed by atoms with Gasteiger partial charge in [0.2, 0.25) is 0 Å².